The van der Waals surface area contributed by atoms with Gasteiger partial charge in [0.15, 0.2) is 0 Å². The molecule has 1 aliphatic carbocycles. The summed E-state index contributed by atoms with van der Waals surface area (Å²) >= 11 is 6.45. The third-order valence-electron chi connectivity index (χ3n) is 4.23. The number of aromatic nitrogens is 2. The zero-order chi connectivity index (χ0) is 14.7. The van der Waals surface area contributed by atoms with E-state index in [-0.39, 0.29) is 0 Å². The van der Waals surface area contributed by atoms with Crippen LogP contribution in [0.5, 0.6) is 0 Å². The van der Waals surface area contributed by atoms with E-state index in [1.165, 1.54) is 0 Å². The van der Waals surface area contributed by atoms with E-state index in [0.717, 1.165) is 61.6 Å². The van der Waals surface area contributed by atoms with E-state index < -0.39 is 0 Å². The topological polar surface area (TPSA) is 38.1 Å². The Labute approximate surface area is 126 Å². The van der Waals surface area contributed by atoms with Gasteiger partial charge < -0.3 is 0 Å². The van der Waals surface area contributed by atoms with Crippen molar-refractivity contribution >= 4 is 17.4 Å². The number of nitrogens with zero attached hydrogens (tertiary/aromatic N) is 3. The van der Waals surface area contributed by atoms with Gasteiger partial charge in [-0.25, -0.2) is 0 Å². The van der Waals surface area contributed by atoms with Crippen LogP contribution in [0.25, 0.3) is 0 Å². The molecule has 0 atom stereocenters. The lowest BCUT2D eigenvalue weighted by Gasteiger charge is -2.30. The largest absolute Gasteiger partial charge is 0.300 e. The SMILES string of the molecule is CCc1nn(CC)c(CN(C)C2CCC(=O)CC2)c1Cl. The molecule has 0 amide bonds. The molecule has 2 rings (SSSR count). The Kier molecular flexibility index (Phi) is 5.22. The Hall–Kier alpha value is -0.870. The predicted octanol–water partition coefficient (Wildman–Crippen LogP) is 3.06. The van der Waals surface area contributed by atoms with Gasteiger partial charge in [0.1, 0.15) is 5.78 Å². The molecule has 1 aromatic rings. The summed E-state index contributed by atoms with van der Waals surface area (Å²) in [5.74, 6) is 0.402. The highest BCUT2D eigenvalue weighted by atomic mass is 35.5. The summed E-state index contributed by atoms with van der Waals surface area (Å²) in [6.07, 6.45) is 4.23. The van der Waals surface area contributed by atoms with Crippen molar-refractivity contribution in [2.75, 3.05) is 7.05 Å². The standard InChI is InChI=1S/C15H24ClN3O/c1-4-13-15(16)14(19(5-2)17-13)10-18(3)11-6-8-12(20)9-7-11/h11H,4-10H2,1-3H3. The number of Topliss-reactive ketones (excluding diaryl/α,β-unsaturated/α-hetero) is 1. The van der Waals surface area contributed by atoms with Gasteiger partial charge in [-0.15, -0.1) is 0 Å². The van der Waals surface area contributed by atoms with Crippen molar-refractivity contribution in [2.24, 2.45) is 0 Å². The summed E-state index contributed by atoms with van der Waals surface area (Å²) in [6.45, 7) is 5.81. The van der Waals surface area contributed by atoms with Crippen LogP contribution in [0.4, 0.5) is 0 Å². The molecule has 0 saturated heterocycles. The summed E-state index contributed by atoms with van der Waals surface area (Å²) in [7, 11) is 2.12. The Balaban J connectivity index is 2.09. The summed E-state index contributed by atoms with van der Waals surface area (Å²) in [4.78, 5) is 13.7. The summed E-state index contributed by atoms with van der Waals surface area (Å²) in [5.41, 5.74) is 2.08. The first-order valence-electron chi connectivity index (χ1n) is 7.52. The van der Waals surface area contributed by atoms with Crippen LogP contribution in [0, 0.1) is 0 Å². The van der Waals surface area contributed by atoms with Crippen molar-refractivity contribution in [1.82, 2.24) is 14.7 Å². The molecular formula is C15H24ClN3O. The molecule has 0 unspecified atom stereocenters. The Bertz CT molecular complexity index is 474. The van der Waals surface area contributed by atoms with E-state index in [1.807, 2.05) is 4.68 Å². The van der Waals surface area contributed by atoms with E-state index in [2.05, 4.69) is 30.9 Å². The van der Waals surface area contributed by atoms with Crippen molar-refractivity contribution < 1.29 is 4.79 Å². The number of hydrogen-bond donors (Lipinski definition) is 0. The maximum Gasteiger partial charge on any atom is 0.133 e. The second kappa shape index (κ2) is 6.72. The Morgan fingerprint density at radius 3 is 2.55 bits per heavy atom. The van der Waals surface area contributed by atoms with Crippen LogP contribution in [-0.2, 0) is 24.3 Å². The Morgan fingerprint density at radius 1 is 1.35 bits per heavy atom. The fourth-order valence-corrected chi connectivity index (χ4v) is 3.23. The third kappa shape index (κ3) is 3.23. The molecular weight excluding hydrogens is 274 g/mol. The van der Waals surface area contributed by atoms with Crippen LogP contribution in [0.1, 0.15) is 50.9 Å². The van der Waals surface area contributed by atoms with Gasteiger partial charge in [-0.05, 0) is 33.2 Å². The highest BCUT2D eigenvalue weighted by Gasteiger charge is 2.24. The number of rotatable bonds is 5. The summed E-state index contributed by atoms with van der Waals surface area (Å²) in [5, 5.41) is 5.37. The molecule has 5 heteroatoms. The number of ketones is 1. The molecule has 1 saturated carbocycles. The monoisotopic (exact) mass is 297 g/mol. The molecule has 1 aromatic heterocycles. The van der Waals surface area contributed by atoms with Crippen molar-refractivity contribution in [2.45, 2.75) is 65.1 Å². The van der Waals surface area contributed by atoms with Gasteiger partial charge in [0, 0.05) is 32.0 Å². The molecule has 1 fully saturated rings. The molecule has 0 bridgehead atoms. The molecule has 0 aliphatic heterocycles. The number of carbonyl (C=O) groups excluding carboxylic acids is 1. The predicted molar refractivity (Wildman–Crippen MR) is 81.0 cm³/mol. The molecule has 1 aliphatic rings. The molecule has 4 nitrogen and oxygen atoms in total. The van der Waals surface area contributed by atoms with Gasteiger partial charge >= 0.3 is 0 Å². The van der Waals surface area contributed by atoms with Crippen molar-refractivity contribution in [1.29, 1.82) is 0 Å². The van der Waals surface area contributed by atoms with E-state index in [0.29, 0.717) is 11.8 Å². The second-order valence-corrected chi connectivity index (χ2v) is 5.94. The minimum atomic E-state index is 0.402. The van der Waals surface area contributed by atoms with Gasteiger partial charge in [0.25, 0.3) is 0 Å². The van der Waals surface area contributed by atoms with E-state index >= 15 is 0 Å². The van der Waals surface area contributed by atoms with Crippen LogP contribution >= 0.6 is 11.6 Å². The van der Waals surface area contributed by atoms with Crippen molar-refractivity contribution in [3.8, 4) is 0 Å². The molecule has 0 N–H and O–H groups in total. The number of hydrogen-bond acceptors (Lipinski definition) is 3. The molecule has 112 valence electrons. The summed E-state index contributed by atoms with van der Waals surface area (Å²) < 4.78 is 2.01. The Morgan fingerprint density at radius 2 is 2.00 bits per heavy atom. The lowest BCUT2D eigenvalue weighted by Crippen LogP contribution is -2.35. The van der Waals surface area contributed by atoms with Crippen molar-refractivity contribution in [3.05, 3.63) is 16.4 Å². The highest BCUT2D eigenvalue weighted by molar-refractivity contribution is 6.31. The van der Waals surface area contributed by atoms with Gasteiger partial charge in [-0.3, -0.25) is 14.4 Å². The normalized spacial score (nSPS) is 17.1. The van der Waals surface area contributed by atoms with Crippen molar-refractivity contribution in [3.63, 3.8) is 0 Å². The molecule has 20 heavy (non-hydrogen) atoms. The van der Waals surface area contributed by atoms with Crippen LogP contribution < -0.4 is 0 Å². The average molecular weight is 298 g/mol. The summed E-state index contributed by atoms with van der Waals surface area (Å²) in [6, 6.07) is 0.481. The molecule has 0 aromatic carbocycles. The maximum absolute atomic E-state index is 11.3. The maximum atomic E-state index is 11.3. The minimum Gasteiger partial charge on any atom is -0.300 e. The first-order chi connectivity index (χ1) is 9.56. The van der Waals surface area contributed by atoms with Gasteiger partial charge in [-0.1, -0.05) is 18.5 Å². The molecule has 1 heterocycles. The number of carbonyl (C=O) groups is 1. The van der Waals surface area contributed by atoms with Gasteiger partial charge in [0.2, 0.25) is 0 Å². The number of halogens is 1. The second-order valence-electron chi connectivity index (χ2n) is 5.56. The van der Waals surface area contributed by atoms with Crippen LogP contribution in [0.2, 0.25) is 5.02 Å². The molecule has 0 radical (unpaired) electrons. The zero-order valence-electron chi connectivity index (χ0n) is 12.7. The lowest BCUT2D eigenvalue weighted by atomic mass is 9.93. The van der Waals surface area contributed by atoms with E-state index in [9.17, 15) is 4.79 Å². The minimum absolute atomic E-state index is 0.402. The third-order valence-corrected chi connectivity index (χ3v) is 4.67. The number of aryl methyl sites for hydroxylation is 2. The van der Waals surface area contributed by atoms with Gasteiger partial charge in [0.05, 0.1) is 16.4 Å². The van der Waals surface area contributed by atoms with Crippen LogP contribution in [0.3, 0.4) is 0 Å². The van der Waals surface area contributed by atoms with E-state index in [1.54, 1.807) is 0 Å². The quantitative estimate of drug-likeness (QED) is 0.838. The van der Waals surface area contributed by atoms with Crippen LogP contribution in [-0.4, -0.2) is 33.6 Å². The lowest BCUT2D eigenvalue weighted by molar-refractivity contribution is -0.121. The smallest absolute Gasteiger partial charge is 0.133 e. The molecule has 0 spiro atoms. The fourth-order valence-electron chi connectivity index (χ4n) is 2.90. The van der Waals surface area contributed by atoms with Crippen LogP contribution in [0.15, 0.2) is 0 Å². The zero-order valence-corrected chi connectivity index (χ0v) is 13.4. The average Bonchev–Trinajstić information content (AvgIpc) is 2.76. The van der Waals surface area contributed by atoms with E-state index in [4.69, 9.17) is 11.6 Å². The first kappa shape index (κ1) is 15.5. The van der Waals surface area contributed by atoms with Gasteiger partial charge in [-0.2, -0.15) is 5.10 Å². The first-order valence-corrected chi connectivity index (χ1v) is 7.90. The highest BCUT2D eigenvalue weighted by Crippen LogP contribution is 2.26. The fraction of sp³-hybridized carbons (Fsp3) is 0.733.